The molecular weight excluding hydrogens is 268 g/mol. The third-order valence-electron chi connectivity index (χ3n) is 9.33. The van der Waals surface area contributed by atoms with Gasteiger partial charge in [0.1, 0.15) is 0 Å². The van der Waals surface area contributed by atoms with Crippen LogP contribution in [0.15, 0.2) is 0 Å². The van der Waals surface area contributed by atoms with Gasteiger partial charge in [-0.1, -0.05) is 27.2 Å². The van der Waals surface area contributed by atoms with Crippen LogP contribution in [0.5, 0.6) is 0 Å². The van der Waals surface area contributed by atoms with Gasteiger partial charge in [-0.3, -0.25) is 0 Å². The average Bonchev–Trinajstić information content (AvgIpc) is 2.84. The van der Waals surface area contributed by atoms with E-state index in [0.717, 1.165) is 42.4 Å². The number of hydrogen-bond donors (Lipinski definition) is 1. The molecule has 0 heterocycles. The van der Waals surface area contributed by atoms with Gasteiger partial charge >= 0.3 is 0 Å². The molecule has 4 aliphatic carbocycles. The molecule has 4 aliphatic rings. The van der Waals surface area contributed by atoms with E-state index < -0.39 is 0 Å². The topological polar surface area (TPSA) is 20.2 Å². The number of rotatable bonds is 1. The summed E-state index contributed by atoms with van der Waals surface area (Å²) in [5, 5.41) is 10.1. The van der Waals surface area contributed by atoms with Crippen LogP contribution in [-0.2, 0) is 0 Å². The third kappa shape index (κ3) is 2.00. The summed E-state index contributed by atoms with van der Waals surface area (Å²) in [7, 11) is 0. The lowest BCUT2D eigenvalue weighted by Gasteiger charge is -2.61. The minimum absolute atomic E-state index is 0.000524. The molecule has 1 N–H and O–H groups in total. The minimum atomic E-state index is -0.000524. The molecule has 0 radical (unpaired) electrons. The first-order valence-corrected chi connectivity index (χ1v) is 10.2. The molecule has 1 nitrogen and oxygen atoms in total. The second-order valence-electron chi connectivity index (χ2n) is 9.81. The Bertz CT molecular complexity index is 432. The first-order chi connectivity index (χ1) is 10.5. The molecule has 0 aromatic rings. The Labute approximate surface area is 137 Å². The first kappa shape index (κ1) is 15.5. The summed E-state index contributed by atoms with van der Waals surface area (Å²) in [4.78, 5) is 0. The number of aliphatic hydroxyl groups excluding tert-OH is 1. The second-order valence-corrected chi connectivity index (χ2v) is 9.81. The molecule has 1 heteroatoms. The molecule has 0 amide bonds. The maximum Gasteiger partial charge on any atom is 0.0543 e. The van der Waals surface area contributed by atoms with Crippen molar-refractivity contribution in [2.75, 3.05) is 0 Å². The van der Waals surface area contributed by atoms with Crippen LogP contribution >= 0.6 is 0 Å². The van der Waals surface area contributed by atoms with Gasteiger partial charge in [0.2, 0.25) is 0 Å². The maximum absolute atomic E-state index is 10.1. The van der Waals surface area contributed by atoms with Crippen LogP contribution in [-0.4, -0.2) is 11.2 Å². The highest BCUT2D eigenvalue weighted by molar-refractivity contribution is 5.08. The van der Waals surface area contributed by atoms with Gasteiger partial charge in [0, 0.05) is 0 Å². The summed E-state index contributed by atoms with van der Waals surface area (Å²) in [6.07, 6.45) is 13.7. The zero-order valence-electron chi connectivity index (χ0n) is 15.0. The Morgan fingerprint density at radius 3 is 2.36 bits per heavy atom. The van der Waals surface area contributed by atoms with Crippen molar-refractivity contribution in [2.45, 2.75) is 91.1 Å². The predicted octanol–water partition coefficient (Wildman–Crippen LogP) is 5.42. The van der Waals surface area contributed by atoms with Crippen LogP contribution in [0.1, 0.15) is 85.0 Å². The van der Waals surface area contributed by atoms with Crippen molar-refractivity contribution in [1.82, 2.24) is 0 Å². The fourth-order valence-corrected chi connectivity index (χ4v) is 8.01. The Kier molecular flexibility index (Phi) is 3.68. The fraction of sp³-hybridized carbons (Fsp3) is 1.00. The lowest BCUT2D eigenvalue weighted by atomic mass is 9.44. The van der Waals surface area contributed by atoms with Crippen LogP contribution in [0, 0.1) is 40.4 Å². The normalized spacial score (nSPS) is 57.8. The predicted molar refractivity (Wildman–Crippen MR) is 91.5 cm³/mol. The summed E-state index contributed by atoms with van der Waals surface area (Å²) in [6.45, 7) is 7.68. The zero-order chi connectivity index (χ0) is 15.5. The van der Waals surface area contributed by atoms with Gasteiger partial charge in [0.25, 0.3) is 0 Å². The summed E-state index contributed by atoms with van der Waals surface area (Å²) in [5.74, 6) is 4.79. The van der Waals surface area contributed by atoms with Crippen molar-refractivity contribution < 1.29 is 5.11 Å². The van der Waals surface area contributed by atoms with Crippen LogP contribution in [0.4, 0.5) is 0 Å². The van der Waals surface area contributed by atoms with Crippen LogP contribution < -0.4 is 0 Å². The molecule has 22 heavy (non-hydrogen) atoms. The molecule has 0 saturated heterocycles. The monoisotopic (exact) mass is 304 g/mol. The molecule has 0 aromatic carbocycles. The molecule has 126 valence electrons. The lowest BCUT2D eigenvalue weighted by Crippen LogP contribution is -2.53. The smallest absolute Gasteiger partial charge is 0.0543 e. The van der Waals surface area contributed by atoms with Gasteiger partial charge in [-0.2, -0.15) is 0 Å². The van der Waals surface area contributed by atoms with Crippen molar-refractivity contribution in [3.8, 4) is 0 Å². The van der Waals surface area contributed by atoms with Gasteiger partial charge in [-0.25, -0.2) is 0 Å². The van der Waals surface area contributed by atoms with Crippen molar-refractivity contribution in [1.29, 1.82) is 0 Å². The van der Waals surface area contributed by atoms with E-state index in [9.17, 15) is 5.11 Å². The van der Waals surface area contributed by atoms with E-state index in [1.54, 1.807) is 0 Å². The van der Waals surface area contributed by atoms with Gasteiger partial charge < -0.3 is 5.11 Å². The van der Waals surface area contributed by atoms with E-state index in [-0.39, 0.29) is 6.10 Å². The third-order valence-corrected chi connectivity index (χ3v) is 9.33. The standard InChI is InChI=1S/C21H36O/c1-4-14-6-8-18-17-7-5-15-13-16(22)9-11-21(15,3)19(17)10-12-20(14,18)2/h14-19,22H,4-13H2,1-3H3/t14?,15-,16?,17?,18?,19?,20?,21?/m0/s1. The van der Waals surface area contributed by atoms with E-state index in [2.05, 4.69) is 20.8 Å². The largest absolute Gasteiger partial charge is 0.393 e. The highest BCUT2D eigenvalue weighted by Crippen LogP contribution is 2.67. The van der Waals surface area contributed by atoms with Crippen molar-refractivity contribution >= 4 is 0 Å². The van der Waals surface area contributed by atoms with Crippen LogP contribution in [0.3, 0.4) is 0 Å². The van der Waals surface area contributed by atoms with Gasteiger partial charge in [-0.05, 0) is 98.2 Å². The molecule has 0 aliphatic heterocycles. The fourth-order valence-electron chi connectivity index (χ4n) is 8.01. The number of hydrogen-bond acceptors (Lipinski definition) is 1. The lowest BCUT2D eigenvalue weighted by molar-refractivity contribution is -0.126. The Morgan fingerprint density at radius 2 is 1.59 bits per heavy atom. The van der Waals surface area contributed by atoms with E-state index in [0.29, 0.717) is 10.8 Å². The van der Waals surface area contributed by atoms with Gasteiger partial charge in [0.15, 0.2) is 0 Å². The molecule has 0 spiro atoms. The van der Waals surface area contributed by atoms with E-state index in [1.165, 1.54) is 51.4 Å². The molecule has 0 aromatic heterocycles. The Balaban J connectivity index is 1.61. The average molecular weight is 305 g/mol. The number of fused-ring (bicyclic) bond motifs is 5. The van der Waals surface area contributed by atoms with E-state index >= 15 is 0 Å². The molecular formula is C21H36O. The van der Waals surface area contributed by atoms with Crippen molar-refractivity contribution in [2.24, 2.45) is 40.4 Å². The maximum atomic E-state index is 10.1. The summed E-state index contributed by atoms with van der Waals surface area (Å²) >= 11 is 0. The highest BCUT2D eigenvalue weighted by atomic mass is 16.3. The summed E-state index contributed by atoms with van der Waals surface area (Å²) in [6, 6.07) is 0. The quantitative estimate of drug-likeness (QED) is 0.686. The first-order valence-electron chi connectivity index (χ1n) is 10.2. The van der Waals surface area contributed by atoms with Gasteiger partial charge in [0.05, 0.1) is 6.10 Å². The zero-order valence-corrected chi connectivity index (χ0v) is 15.0. The van der Waals surface area contributed by atoms with E-state index in [4.69, 9.17) is 0 Å². The highest BCUT2D eigenvalue weighted by Gasteiger charge is 2.59. The SMILES string of the molecule is CCC1CCC2C3CC[C@H]4CC(O)CCC4(C)C3CCC12C. The Morgan fingerprint density at radius 1 is 0.864 bits per heavy atom. The van der Waals surface area contributed by atoms with Gasteiger partial charge in [-0.15, -0.1) is 0 Å². The van der Waals surface area contributed by atoms with Crippen molar-refractivity contribution in [3.63, 3.8) is 0 Å². The minimum Gasteiger partial charge on any atom is -0.393 e. The van der Waals surface area contributed by atoms with E-state index in [1.807, 2.05) is 0 Å². The molecule has 4 fully saturated rings. The van der Waals surface area contributed by atoms with Crippen LogP contribution in [0.25, 0.3) is 0 Å². The molecule has 4 saturated carbocycles. The Hall–Kier alpha value is -0.0400. The molecule has 0 bridgehead atoms. The number of aliphatic hydroxyl groups is 1. The summed E-state index contributed by atoms with van der Waals surface area (Å²) < 4.78 is 0. The molecule has 8 atom stereocenters. The molecule has 7 unspecified atom stereocenters. The molecule has 4 rings (SSSR count). The van der Waals surface area contributed by atoms with Crippen LogP contribution in [0.2, 0.25) is 0 Å². The second kappa shape index (κ2) is 5.23. The summed E-state index contributed by atoms with van der Waals surface area (Å²) in [5.41, 5.74) is 1.21. The van der Waals surface area contributed by atoms with Crippen molar-refractivity contribution in [3.05, 3.63) is 0 Å².